The second kappa shape index (κ2) is 6.52. The fourth-order valence-corrected chi connectivity index (χ4v) is 2.11. The van der Waals surface area contributed by atoms with Crippen LogP contribution in [0.1, 0.15) is 30.6 Å². The van der Waals surface area contributed by atoms with Crippen molar-refractivity contribution in [1.29, 1.82) is 0 Å². The van der Waals surface area contributed by atoms with Crippen molar-refractivity contribution in [2.45, 2.75) is 26.3 Å². The van der Waals surface area contributed by atoms with Gasteiger partial charge in [-0.3, -0.25) is 0 Å². The van der Waals surface area contributed by atoms with Gasteiger partial charge in [0.15, 0.2) is 0 Å². The number of aromatic nitrogens is 1. The number of ether oxygens (including phenoxy) is 1. The van der Waals surface area contributed by atoms with E-state index in [1.807, 2.05) is 6.07 Å². The van der Waals surface area contributed by atoms with Crippen molar-refractivity contribution in [1.82, 2.24) is 10.3 Å². The zero-order chi connectivity index (χ0) is 13.7. The van der Waals surface area contributed by atoms with Crippen molar-refractivity contribution in [2.75, 3.05) is 31.1 Å². The molecule has 0 spiro atoms. The van der Waals surface area contributed by atoms with E-state index in [0.717, 1.165) is 31.9 Å². The predicted molar refractivity (Wildman–Crippen MR) is 74.5 cm³/mol. The molecular formula is C14H21N3O2. The Morgan fingerprint density at radius 1 is 1.47 bits per heavy atom. The first-order valence-corrected chi connectivity index (χ1v) is 6.86. The second-order valence-electron chi connectivity index (χ2n) is 4.63. The lowest BCUT2D eigenvalue weighted by atomic mass is 10.1. The van der Waals surface area contributed by atoms with Gasteiger partial charge in [-0.15, -0.1) is 0 Å². The summed E-state index contributed by atoms with van der Waals surface area (Å²) in [7, 11) is 0. The predicted octanol–water partition coefficient (Wildman–Crippen LogP) is 1.45. The van der Waals surface area contributed by atoms with Crippen LogP contribution in [0.4, 0.5) is 5.82 Å². The van der Waals surface area contributed by atoms with Crippen LogP contribution in [0.5, 0.6) is 0 Å². The number of esters is 1. The summed E-state index contributed by atoms with van der Waals surface area (Å²) in [6.45, 7) is 7.33. The normalized spacial score (nSPS) is 14.8. The van der Waals surface area contributed by atoms with E-state index in [-0.39, 0.29) is 5.97 Å². The zero-order valence-electron chi connectivity index (χ0n) is 11.6. The molecule has 5 nitrogen and oxygen atoms in total. The number of anilines is 1. The number of rotatable bonds is 6. The van der Waals surface area contributed by atoms with Crippen molar-refractivity contribution in [3.8, 4) is 0 Å². The maximum absolute atomic E-state index is 11.6. The molecule has 2 rings (SSSR count). The van der Waals surface area contributed by atoms with Crippen LogP contribution in [-0.4, -0.2) is 43.2 Å². The van der Waals surface area contributed by atoms with Crippen LogP contribution in [-0.2, 0) is 4.74 Å². The van der Waals surface area contributed by atoms with E-state index in [2.05, 4.69) is 22.1 Å². The Balaban J connectivity index is 2.08. The molecule has 0 atom stereocenters. The molecule has 1 N–H and O–H groups in total. The molecule has 104 valence electrons. The third kappa shape index (κ3) is 3.23. The van der Waals surface area contributed by atoms with Gasteiger partial charge in [0.2, 0.25) is 0 Å². The lowest BCUT2D eigenvalue weighted by Crippen LogP contribution is -2.57. The molecule has 1 aliphatic heterocycles. The molecule has 0 radical (unpaired) electrons. The smallest absolute Gasteiger partial charge is 0.339 e. The summed E-state index contributed by atoms with van der Waals surface area (Å²) < 4.78 is 4.95. The van der Waals surface area contributed by atoms with Gasteiger partial charge < -0.3 is 15.0 Å². The van der Waals surface area contributed by atoms with E-state index in [4.69, 9.17) is 4.74 Å². The van der Waals surface area contributed by atoms with Gasteiger partial charge in [0.05, 0.1) is 18.2 Å². The quantitative estimate of drug-likeness (QED) is 0.787. The van der Waals surface area contributed by atoms with Gasteiger partial charge in [-0.05, 0) is 25.5 Å². The first-order valence-electron chi connectivity index (χ1n) is 6.86. The highest BCUT2D eigenvalue weighted by molar-refractivity contribution is 5.89. The second-order valence-corrected chi connectivity index (χ2v) is 4.63. The minimum Gasteiger partial charge on any atom is -0.462 e. The van der Waals surface area contributed by atoms with Crippen LogP contribution in [0.15, 0.2) is 18.3 Å². The summed E-state index contributed by atoms with van der Waals surface area (Å²) in [6.07, 6.45) is 2.68. The standard InChI is InChI=1S/C14H21N3O2/c1-3-7-17(12-9-15-10-12)13-6-5-11(8-16-13)14(18)19-4-2/h5-6,8,12,15H,3-4,7,9-10H2,1-2H3. The number of carbonyl (C=O) groups is 1. The fraction of sp³-hybridized carbons (Fsp3) is 0.571. The minimum absolute atomic E-state index is 0.311. The Hall–Kier alpha value is -1.62. The highest BCUT2D eigenvalue weighted by atomic mass is 16.5. The summed E-state index contributed by atoms with van der Waals surface area (Å²) in [5, 5.41) is 3.27. The number of pyridine rings is 1. The summed E-state index contributed by atoms with van der Waals surface area (Å²) in [5.41, 5.74) is 0.508. The number of hydrogen-bond acceptors (Lipinski definition) is 5. The van der Waals surface area contributed by atoms with Crippen LogP contribution in [0, 0.1) is 0 Å². The van der Waals surface area contributed by atoms with Gasteiger partial charge in [-0.1, -0.05) is 6.92 Å². The van der Waals surface area contributed by atoms with E-state index >= 15 is 0 Å². The lowest BCUT2D eigenvalue weighted by Gasteiger charge is -2.39. The number of hydrogen-bond donors (Lipinski definition) is 1. The van der Waals surface area contributed by atoms with E-state index in [9.17, 15) is 4.79 Å². The maximum atomic E-state index is 11.6. The van der Waals surface area contributed by atoms with E-state index in [1.165, 1.54) is 0 Å². The minimum atomic E-state index is -0.311. The Morgan fingerprint density at radius 2 is 2.26 bits per heavy atom. The van der Waals surface area contributed by atoms with Crippen LogP contribution >= 0.6 is 0 Å². The molecule has 0 bridgehead atoms. The van der Waals surface area contributed by atoms with Gasteiger partial charge in [0, 0.05) is 25.8 Å². The van der Waals surface area contributed by atoms with E-state index in [1.54, 1.807) is 19.2 Å². The topological polar surface area (TPSA) is 54.5 Å². The highest BCUT2D eigenvalue weighted by Gasteiger charge is 2.25. The molecule has 0 unspecified atom stereocenters. The molecule has 0 aliphatic carbocycles. The van der Waals surface area contributed by atoms with Crippen molar-refractivity contribution in [3.63, 3.8) is 0 Å². The molecule has 0 amide bonds. The van der Waals surface area contributed by atoms with Gasteiger partial charge in [0.1, 0.15) is 5.82 Å². The lowest BCUT2D eigenvalue weighted by molar-refractivity contribution is 0.0526. The number of carbonyl (C=O) groups excluding carboxylic acids is 1. The van der Waals surface area contributed by atoms with E-state index < -0.39 is 0 Å². The fourth-order valence-electron chi connectivity index (χ4n) is 2.11. The maximum Gasteiger partial charge on any atom is 0.339 e. The van der Waals surface area contributed by atoms with Crippen molar-refractivity contribution < 1.29 is 9.53 Å². The molecule has 1 aromatic heterocycles. The molecule has 1 saturated heterocycles. The zero-order valence-corrected chi connectivity index (χ0v) is 11.6. The third-order valence-electron chi connectivity index (χ3n) is 3.22. The molecule has 0 aromatic carbocycles. The molecular weight excluding hydrogens is 242 g/mol. The van der Waals surface area contributed by atoms with Crippen molar-refractivity contribution in [2.24, 2.45) is 0 Å². The average molecular weight is 263 g/mol. The summed E-state index contributed by atoms with van der Waals surface area (Å²) in [4.78, 5) is 18.3. The number of nitrogens with one attached hydrogen (secondary N) is 1. The molecule has 1 aromatic rings. The monoisotopic (exact) mass is 263 g/mol. The summed E-state index contributed by atoms with van der Waals surface area (Å²) in [5.74, 6) is 0.621. The summed E-state index contributed by atoms with van der Waals surface area (Å²) in [6, 6.07) is 4.20. The molecule has 2 heterocycles. The SMILES string of the molecule is CCCN(c1ccc(C(=O)OCC)cn1)C1CNC1. The Kier molecular flexibility index (Phi) is 4.74. The molecule has 5 heteroatoms. The Bertz CT molecular complexity index is 415. The summed E-state index contributed by atoms with van der Waals surface area (Å²) >= 11 is 0. The Morgan fingerprint density at radius 3 is 2.74 bits per heavy atom. The van der Waals surface area contributed by atoms with Crippen LogP contribution < -0.4 is 10.2 Å². The number of nitrogens with zero attached hydrogens (tertiary/aromatic N) is 2. The van der Waals surface area contributed by atoms with Crippen LogP contribution in [0.25, 0.3) is 0 Å². The first-order chi connectivity index (χ1) is 9.26. The van der Waals surface area contributed by atoms with E-state index in [0.29, 0.717) is 18.2 Å². The van der Waals surface area contributed by atoms with Crippen LogP contribution in [0.2, 0.25) is 0 Å². The van der Waals surface area contributed by atoms with Crippen molar-refractivity contribution >= 4 is 11.8 Å². The molecule has 1 fully saturated rings. The first kappa shape index (κ1) is 13.8. The van der Waals surface area contributed by atoms with Gasteiger partial charge in [0.25, 0.3) is 0 Å². The molecule has 0 saturated carbocycles. The van der Waals surface area contributed by atoms with Gasteiger partial charge in [-0.25, -0.2) is 9.78 Å². The van der Waals surface area contributed by atoms with Crippen LogP contribution in [0.3, 0.4) is 0 Å². The Labute approximate surface area is 114 Å². The van der Waals surface area contributed by atoms with Gasteiger partial charge >= 0.3 is 5.97 Å². The third-order valence-corrected chi connectivity index (χ3v) is 3.22. The molecule has 1 aliphatic rings. The largest absolute Gasteiger partial charge is 0.462 e. The molecule has 19 heavy (non-hydrogen) atoms. The van der Waals surface area contributed by atoms with Gasteiger partial charge in [-0.2, -0.15) is 0 Å². The average Bonchev–Trinajstić information content (AvgIpc) is 2.37. The van der Waals surface area contributed by atoms with Crippen molar-refractivity contribution in [3.05, 3.63) is 23.9 Å². The highest BCUT2D eigenvalue weighted by Crippen LogP contribution is 2.17.